The van der Waals surface area contributed by atoms with E-state index in [1.54, 1.807) is 31.2 Å². The molecule has 1 unspecified atom stereocenters. The lowest BCUT2D eigenvalue weighted by Gasteiger charge is -2.17. The number of nitrogens with zero attached hydrogens (tertiary/aromatic N) is 2. The molecular formula is C24H21N3O4S. The zero-order valence-electron chi connectivity index (χ0n) is 17.4. The highest BCUT2D eigenvalue weighted by Gasteiger charge is 2.24. The number of benzene rings is 2. The van der Waals surface area contributed by atoms with Gasteiger partial charge in [-0.15, -0.1) is 11.3 Å². The van der Waals surface area contributed by atoms with Crippen molar-refractivity contribution in [1.82, 2.24) is 15.5 Å². The summed E-state index contributed by atoms with van der Waals surface area (Å²) in [4.78, 5) is 30.6. The first kappa shape index (κ1) is 21.5. The van der Waals surface area contributed by atoms with E-state index in [9.17, 15) is 9.59 Å². The highest BCUT2D eigenvalue weighted by molar-refractivity contribution is 7.10. The second kappa shape index (κ2) is 10.0. The SMILES string of the molecule is CCOC(=O)CC(NC(=O)c1ccccc1-c1nc(-c2ccccc2)no1)c1cccs1. The van der Waals surface area contributed by atoms with Crippen molar-refractivity contribution in [2.75, 3.05) is 6.61 Å². The molecule has 32 heavy (non-hydrogen) atoms. The summed E-state index contributed by atoms with van der Waals surface area (Å²) in [6.07, 6.45) is 0.0426. The van der Waals surface area contributed by atoms with Gasteiger partial charge in [0.05, 0.1) is 30.2 Å². The Bertz CT molecular complexity index is 1190. The fourth-order valence-electron chi connectivity index (χ4n) is 3.24. The van der Waals surface area contributed by atoms with Crippen LogP contribution in [-0.4, -0.2) is 28.6 Å². The molecule has 0 radical (unpaired) electrons. The zero-order valence-corrected chi connectivity index (χ0v) is 18.2. The van der Waals surface area contributed by atoms with E-state index < -0.39 is 6.04 Å². The zero-order chi connectivity index (χ0) is 22.3. The summed E-state index contributed by atoms with van der Waals surface area (Å²) in [6, 6.07) is 19.7. The van der Waals surface area contributed by atoms with Gasteiger partial charge in [-0.3, -0.25) is 9.59 Å². The topological polar surface area (TPSA) is 94.3 Å². The number of rotatable bonds is 8. The molecule has 0 saturated carbocycles. The Morgan fingerprint density at radius 2 is 1.84 bits per heavy atom. The van der Waals surface area contributed by atoms with Gasteiger partial charge < -0.3 is 14.6 Å². The van der Waals surface area contributed by atoms with Crippen molar-refractivity contribution in [3.63, 3.8) is 0 Å². The average Bonchev–Trinajstić information content (AvgIpc) is 3.52. The number of carbonyl (C=O) groups excluding carboxylic acids is 2. The van der Waals surface area contributed by atoms with E-state index in [0.29, 0.717) is 17.0 Å². The van der Waals surface area contributed by atoms with Crippen LogP contribution in [0.25, 0.3) is 22.8 Å². The van der Waals surface area contributed by atoms with Crippen LogP contribution in [-0.2, 0) is 9.53 Å². The molecule has 1 amide bonds. The van der Waals surface area contributed by atoms with Crippen molar-refractivity contribution in [3.8, 4) is 22.8 Å². The minimum absolute atomic E-state index is 0.0426. The molecule has 8 heteroatoms. The molecule has 1 N–H and O–H groups in total. The van der Waals surface area contributed by atoms with Gasteiger partial charge >= 0.3 is 5.97 Å². The standard InChI is InChI=1S/C24H21N3O4S/c1-2-30-21(28)15-19(20-13-8-14-32-20)25-23(29)17-11-6-7-12-18(17)24-26-22(27-31-24)16-9-4-3-5-10-16/h3-14,19H,2,15H2,1H3,(H,25,29). The van der Waals surface area contributed by atoms with Gasteiger partial charge in [-0.2, -0.15) is 4.98 Å². The Morgan fingerprint density at radius 3 is 2.59 bits per heavy atom. The summed E-state index contributed by atoms with van der Waals surface area (Å²) in [6.45, 7) is 2.04. The van der Waals surface area contributed by atoms with Crippen LogP contribution in [0.1, 0.15) is 34.6 Å². The van der Waals surface area contributed by atoms with Gasteiger partial charge in [0.1, 0.15) is 0 Å². The molecule has 0 spiro atoms. The first-order chi connectivity index (χ1) is 15.7. The summed E-state index contributed by atoms with van der Waals surface area (Å²) < 4.78 is 10.5. The van der Waals surface area contributed by atoms with Gasteiger partial charge in [0.25, 0.3) is 11.8 Å². The number of carbonyl (C=O) groups is 2. The fourth-order valence-corrected chi connectivity index (χ4v) is 4.02. The van der Waals surface area contributed by atoms with Crippen LogP contribution in [0.15, 0.2) is 76.6 Å². The van der Waals surface area contributed by atoms with Crippen LogP contribution < -0.4 is 5.32 Å². The number of hydrogen-bond donors (Lipinski definition) is 1. The number of esters is 1. The average molecular weight is 448 g/mol. The predicted octanol–water partition coefficient (Wildman–Crippen LogP) is 4.89. The first-order valence-corrected chi connectivity index (χ1v) is 11.0. The molecule has 4 rings (SSSR count). The fraction of sp³-hybridized carbons (Fsp3) is 0.167. The number of thiophene rings is 1. The lowest BCUT2D eigenvalue weighted by Crippen LogP contribution is -2.30. The molecule has 1 atom stereocenters. The maximum absolute atomic E-state index is 13.2. The molecule has 0 aliphatic carbocycles. The molecule has 2 aromatic heterocycles. The van der Waals surface area contributed by atoms with E-state index in [-0.39, 0.29) is 30.8 Å². The van der Waals surface area contributed by atoms with Crippen molar-refractivity contribution in [2.24, 2.45) is 0 Å². The van der Waals surface area contributed by atoms with Crippen LogP contribution in [0.4, 0.5) is 0 Å². The maximum Gasteiger partial charge on any atom is 0.308 e. The monoisotopic (exact) mass is 447 g/mol. The van der Waals surface area contributed by atoms with Crippen LogP contribution in [0.5, 0.6) is 0 Å². The highest BCUT2D eigenvalue weighted by atomic mass is 32.1. The highest BCUT2D eigenvalue weighted by Crippen LogP contribution is 2.27. The minimum atomic E-state index is -0.503. The lowest BCUT2D eigenvalue weighted by molar-refractivity contribution is -0.143. The second-order valence-electron chi connectivity index (χ2n) is 6.89. The van der Waals surface area contributed by atoms with Gasteiger partial charge in [-0.1, -0.05) is 53.7 Å². The predicted molar refractivity (Wildman–Crippen MR) is 121 cm³/mol. The van der Waals surface area contributed by atoms with Gasteiger partial charge in [0.2, 0.25) is 5.82 Å². The third-order valence-electron chi connectivity index (χ3n) is 4.73. The van der Waals surface area contributed by atoms with Crippen molar-refractivity contribution in [2.45, 2.75) is 19.4 Å². The Labute approximate surface area is 189 Å². The summed E-state index contributed by atoms with van der Waals surface area (Å²) in [5.41, 5.74) is 1.71. The number of amides is 1. The molecule has 0 fully saturated rings. The van der Waals surface area contributed by atoms with Gasteiger partial charge in [0, 0.05) is 10.4 Å². The molecule has 7 nitrogen and oxygen atoms in total. The third kappa shape index (κ3) is 4.92. The molecule has 0 aliphatic heterocycles. The van der Waals surface area contributed by atoms with Crippen LogP contribution >= 0.6 is 11.3 Å². The van der Waals surface area contributed by atoms with Gasteiger partial charge in [-0.05, 0) is 30.5 Å². The molecule has 0 aliphatic rings. The smallest absolute Gasteiger partial charge is 0.308 e. The van der Waals surface area contributed by atoms with Crippen LogP contribution in [0.3, 0.4) is 0 Å². The third-order valence-corrected chi connectivity index (χ3v) is 5.71. The summed E-state index contributed by atoms with van der Waals surface area (Å²) >= 11 is 1.47. The van der Waals surface area contributed by atoms with E-state index in [1.807, 2.05) is 47.8 Å². The van der Waals surface area contributed by atoms with Crippen LogP contribution in [0, 0.1) is 0 Å². The normalized spacial score (nSPS) is 11.7. The molecule has 0 saturated heterocycles. The van der Waals surface area contributed by atoms with Crippen molar-refractivity contribution < 1.29 is 18.8 Å². The quantitative estimate of drug-likeness (QED) is 0.387. The van der Waals surface area contributed by atoms with Crippen molar-refractivity contribution in [3.05, 3.63) is 82.6 Å². The Kier molecular flexibility index (Phi) is 6.72. The van der Waals surface area contributed by atoms with Gasteiger partial charge in [0.15, 0.2) is 0 Å². The van der Waals surface area contributed by atoms with E-state index in [4.69, 9.17) is 9.26 Å². The first-order valence-electron chi connectivity index (χ1n) is 10.1. The molecule has 2 aromatic carbocycles. The minimum Gasteiger partial charge on any atom is -0.466 e. The number of aromatic nitrogens is 2. The maximum atomic E-state index is 13.2. The largest absolute Gasteiger partial charge is 0.466 e. The van der Waals surface area contributed by atoms with E-state index in [2.05, 4.69) is 15.5 Å². The van der Waals surface area contributed by atoms with E-state index >= 15 is 0 Å². The second-order valence-corrected chi connectivity index (χ2v) is 7.86. The summed E-state index contributed by atoms with van der Waals surface area (Å²) in [5, 5.41) is 8.90. The molecular weight excluding hydrogens is 426 g/mol. The Hall–Kier alpha value is -3.78. The molecule has 4 aromatic rings. The van der Waals surface area contributed by atoms with Crippen molar-refractivity contribution >= 4 is 23.2 Å². The Balaban J connectivity index is 1.59. The van der Waals surface area contributed by atoms with E-state index in [1.165, 1.54) is 11.3 Å². The number of hydrogen-bond acceptors (Lipinski definition) is 7. The van der Waals surface area contributed by atoms with E-state index in [0.717, 1.165) is 10.4 Å². The molecule has 162 valence electrons. The van der Waals surface area contributed by atoms with Crippen molar-refractivity contribution in [1.29, 1.82) is 0 Å². The molecule has 2 heterocycles. The van der Waals surface area contributed by atoms with Crippen LogP contribution in [0.2, 0.25) is 0 Å². The summed E-state index contributed by atoms with van der Waals surface area (Å²) in [5.74, 6) is -0.0334. The van der Waals surface area contributed by atoms with Gasteiger partial charge in [-0.25, -0.2) is 0 Å². The summed E-state index contributed by atoms with van der Waals surface area (Å²) in [7, 11) is 0. The number of nitrogens with one attached hydrogen (secondary N) is 1. The Morgan fingerprint density at radius 1 is 1.06 bits per heavy atom. The number of ether oxygens (including phenoxy) is 1. The lowest BCUT2D eigenvalue weighted by atomic mass is 10.1. The molecule has 0 bridgehead atoms.